The van der Waals surface area contributed by atoms with Crippen molar-refractivity contribution >= 4 is 11.7 Å². The lowest BCUT2D eigenvalue weighted by atomic mass is 10.1. The zero-order chi connectivity index (χ0) is 14.0. The molecule has 7 nitrogen and oxygen atoms in total. The van der Waals surface area contributed by atoms with Gasteiger partial charge in [0.25, 0.3) is 0 Å². The minimum absolute atomic E-state index is 0.0416. The van der Waals surface area contributed by atoms with E-state index in [1.54, 1.807) is 6.20 Å². The first-order valence-electron chi connectivity index (χ1n) is 6.14. The number of nitrogens with zero attached hydrogens (tertiary/aromatic N) is 4. The normalized spacial score (nSPS) is 23.4. The summed E-state index contributed by atoms with van der Waals surface area (Å²) in [5.74, 6) is 0.570. The maximum Gasteiger partial charge on any atom is 0.192 e. The second-order valence-electron chi connectivity index (χ2n) is 5.28. The average Bonchev–Trinajstić information content (AvgIpc) is 2.35. The summed E-state index contributed by atoms with van der Waals surface area (Å²) in [6, 6.07) is 0. The molecule has 1 atom stereocenters. The monoisotopic (exact) mass is 265 g/mol. The van der Waals surface area contributed by atoms with Gasteiger partial charge in [0.15, 0.2) is 17.3 Å². The van der Waals surface area contributed by atoms with Crippen LogP contribution in [0.2, 0.25) is 0 Å². The van der Waals surface area contributed by atoms with Gasteiger partial charge in [-0.2, -0.15) is 0 Å². The molecule has 3 N–H and O–H groups in total. The Morgan fingerprint density at radius 1 is 1.53 bits per heavy atom. The Labute approximate surface area is 112 Å². The van der Waals surface area contributed by atoms with Crippen LogP contribution in [-0.4, -0.2) is 45.8 Å². The van der Waals surface area contributed by atoms with Gasteiger partial charge in [0.2, 0.25) is 0 Å². The van der Waals surface area contributed by atoms with Crippen molar-refractivity contribution in [2.75, 3.05) is 18.0 Å². The number of rotatable bonds is 2. The number of hydrogen-bond acceptors (Lipinski definition) is 6. The van der Waals surface area contributed by atoms with Crippen LogP contribution >= 0.6 is 0 Å². The van der Waals surface area contributed by atoms with E-state index < -0.39 is 0 Å². The van der Waals surface area contributed by atoms with Gasteiger partial charge in [-0.1, -0.05) is 5.16 Å². The Balaban J connectivity index is 2.36. The molecule has 0 aliphatic carbocycles. The van der Waals surface area contributed by atoms with Crippen molar-refractivity contribution in [2.24, 2.45) is 10.9 Å². The Kier molecular flexibility index (Phi) is 3.57. The molecule has 7 heteroatoms. The second kappa shape index (κ2) is 5.00. The summed E-state index contributed by atoms with van der Waals surface area (Å²) >= 11 is 0. The van der Waals surface area contributed by atoms with E-state index in [0.29, 0.717) is 24.6 Å². The summed E-state index contributed by atoms with van der Waals surface area (Å²) in [6.07, 6.45) is 3.19. The molecule has 1 aromatic heterocycles. The lowest BCUT2D eigenvalue weighted by Crippen LogP contribution is -2.52. The molecule has 2 heterocycles. The van der Waals surface area contributed by atoms with Crippen molar-refractivity contribution in [3.8, 4) is 0 Å². The number of morpholine rings is 1. The van der Waals surface area contributed by atoms with Crippen molar-refractivity contribution in [3.63, 3.8) is 0 Å². The molecule has 19 heavy (non-hydrogen) atoms. The molecule has 1 unspecified atom stereocenters. The van der Waals surface area contributed by atoms with E-state index in [1.165, 1.54) is 6.20 Å². The summed E-state index contributed by atoms with van der Waals surface area (Å²) in [5, 5.41) is 11.8. The van der Waals surface area contributed by atoms with Crippen LogP contribution in [0.15, 0.2) is 17.5 Å². The Bertz CT molecular complexity index is 489. The van der Waals surface area contributed by atoms with Gasteiger partial charge in [-0.25, -0.2) is 9.97 Å². The molecule has 1 fully saturated rings. The first-order chi connectivity index (χ1) is 8.93. The Hall–Kier alpha value is -1.89. The van der Waals surface area contributed by atoms with E-state index in [0.717, 1.165) is 0 Å². The minimum Gasteiger partial charge on any atom is -0.409 e. The number of oxime groups is 1. The van der Waals surface area contributed by atoms with Crippen LogP contribution in [0.25, 0.3) is 0 Å². The van der Waals surface area contributed by atoms with Crippen LogP contribution in [0.5, 0.6) is 0 Å². The lowest BCUT2D eigenvalue weighted by Gasteiger charge is -2.42. The first kappa shape index (κ1) is 13.5. The average molecular weight is 265 g/mol. The highest BCUT2D eigenvalue weighted by atomic mass is 16.5. The zero-order valence-electron chi connectivity index (χ0n) is 11.4. The number of aromatic nitrogens is 2. The smallest absolute Gasteiger partial charge is 0.192 e. The predicted octanol–water partition coefficient (Wildman–Crippen LogP) is 0.575. The van der Waals surface area contributed by atoms with Gasteiger partial charge < -0.3 is 20.6 Å². The van der Waals surface area contributed by atoms with Crippen LogP contribution in [0, 0.1) is 0 Å². The number of ether oxygens (including phenoxy) is 1. The maximum atomic E-state index is 8.82. The molecule has 0 spiro atoms. The van der Waals surface area contributed by atoms with E-state index in [4.69, 9.17) is 15.7 Å². The van der Waals surface area contributed by atoms with Gasteiger partial charge in [0.05, 0.1) is 11.7 Å². The highest BCUT2D eigenvalue weighted by molar-refractivity contribution is 5.99. The van der Waals surface area contributed by atoms with E-state index in [-0.39, 0.29) is 17.5 Å². The van der Waals surface area contributed by atoms with Crippen molar-refractivity contribution in [3.05, 3.63) is 18.1 Å². The van der Waals surface area contributed by atoms with Crippen LogP contribution in [0.3, 0.4) is 0 Å². The zero-order valence-corrected chi connectivity index (χ0v) is 11.4. The van der Waals surface area contributed by atoms with Crippen molar-refractivity contribution in [2.45, 2.75) is 32.5 Å². The highest BCUT2D eigenvalue weighted by Crippen LogP contribution is 2.25. The molecule has 1 aliphatic heterocycles. The third-order valence-electron chi connectivity index (χ3n) is 2.90. The SMILES string of the molecule is CC1CN(c2nccnc2C(N)=NO)CC(C)(C)O1. The molecular weight excluding hydrogens is 246 g/mol. The third kappa shape index (κ3) is 2.93. The molecule has 1 aromatic rings. The van der Waals surface area contributed by atoms with E-state index in [2.05, 4.69) is 20.0 Å². The molecule has 104 valence electrons. The topological polar surface area (TPSA) is 96.9 Å². The van der Waals surface area contributed by atoms with Gasteiger partial charge in [-0.3, -0.25) is 0 Å². The fourth-order valence-electron chi connectivity index (χ4n) is 2.41. The van der Waals surface area contributed by atoms with Crippen LogP contribution in [0.1, 0.15) is 26.5 Å². The van der Waals surface area contributed by atoms with Gasteiger partial charge in [0, 0.05) is 25.5 Å². The largest absolute Gasteiger partial charge is 0.409 e. The summed E-state index contributed by atoms with van der Waals surface area (Å²) in [6.45, 7) is 7.41. The Morgan fingerprint density at radius 3 is 2.84 bits per heavy atom. The van der Waals surface area contributed by atoms with Gasteiger partial charge in [-0.05, 0) is 20.8 Å². The molecular formula is C12H19N5O2. The summed E-state index contributed by atoms with van der Waals surface area (Å²) in [5.41, 5.74) is 5.75. The number of hydrogen-bond donors (Lipinski definition) is 2. The van der Waals surface area contributed by atoms with Crippen molar-refractivity contribution in [1.82, 2.24) is 9.97 Å². The number of amidine groups is 1. The predicted molar refractivity (Wildman–Crippen MR) is 71.4 cm³/mol. The second-order valence-corrected chi connectivity index (χ2v) is 5.28. The van der Waals surface area contributed by atoms with Crippen molar-refractivity contribution in [1.29, 1.82) is 0 Å². The molecule has 0 aromatic carbocycles. The van der Waals surface area contributed by atoms with E-state index in [1.807, 2.05) is 20.8 Å². The lowest BCUT2D eigenvalue weighted by molar-refractivity contribution is -0.0751. The fourth-order valence-corrected chi connectivity index (χ4v) is 2.41. The van der Waals surface area contributed by atoms with E-state index >= 15 is 0 Å². The van der Waals surface area contributed by atoms with Crippen molar-refractivity contribution < 1.29 is 9.94 Å². The number of anilines is 1. The van der Waals surface area contributed by atoms with Gasteiger partial charge >= 0.3 is 0 Å². The molecule has 0 bridgehead atoms. The minimum atomic E-state index is -0.280. The molecule has 1 saturated heterocycles. The summed E-state index contributed by atoms with van der Waals surface area (Å²) in [4.78, 5) is 10.5. The molecule has 2 rings (SSSR count). The summed E-state index contributed by atoms with van der Waals surface area (Å²) < 4.78 is 5.85. The first-order valence-corrected chi connectivity index (χ1v) is 6.14. The summed E-state index contributed by atoms with van der Waals surface area (Å²) in [7, 11) is 0. The molecule has 1 aliphatic rings. The van der Waals surface area contributed by atoms with Crippen LogP contribution in [-0.2, 0) is 4.74 Å². The molecule has 0 amide bonds. The standard InChI is InChI=1S/C12H19N5O2/c1-8-6-17(7-12(2,3)19-8)11-9(10(13)16-18)14-4-5-15-11/h4-5,8,18H,6-7H2,1-3H3,(H2,13,16). The van der Waals surface area contributed by atoms with E-state index in [9.17, 15) is 0 Å². The maximum absolute atomic E-state index is 8.82. The molecule has 0 saturated carbocycles. The fraction of sp³-hybridized carbons (Fsp3) is 0.583. The van der Waals surface area contributed by atoms with Gasteiger partial charge in [-0.15, -0.1) is 0 Å². The van der Waals surface area contributed by atoms with Gasteiger partial charge in [0.1, 0.15) is 0 Å². The quantitative estimate of drug-likeness (QED) is 0.351. The van der Waals surface area contributed by atoms with Crippen LogP contribution in [0.4, 0.5) is 5.82 Å². The van der Waals surface area contributed by atoms with Crippen LogP contribution < -0.4 is 10.6 Å². The number of nitrogens with two attached hydrogens (primary N) is 1. The Morgan fingerprint density at radius 2 is 2.21 bits per heavy atom. The highest BCUT2D eigenvalue weighted by Gasteiger charge is 2.33. The third-order valence-corrected chi connectivity index (χ3v) is 2.90. The molecule has 0 radical (unpaired) electrons.